The Morgan fingerprint density at radius 3 is 2.72 bits per heavy atom. The van der Waals surface area contributed by atoms with Crippen LogP contribution in [0.2, 0.25) is 0 Å². The van der Waals surface area contributed by atoms with Crippen LogP contribution in [0.25, 0.3) is 0 Å². The summed E-state index contributed by atoms with van der Waals surface area (Å²) >= 11 is 0. The molecule has 0 amide bonds. The van der Waals surface area contributed by atoms with E-state index in [9.17, 15) is 8.42 Å². The summed E-state index contributed by atoms with van der Waals surface area (Å²) in [6.45, 7) is 5.88. The van der Waals surface area contributed by atoms with Gasteiger partial charge < -0.3 is 10.1 Å². The molecule has 2 atom stereocenters. The summed E-state index contributed by atoms with van der Waals surface area (Å²) in [7, 11) is -2.94. The van der Waals surface area contributed by atoms with Crippen molar-refractivity contribution in [2.45, 2.75) is 58.1 Å². The Morgan fingerprint density at radius 1 is 1.39 bits per heavy atom. The number of ether oxygens (including phenoxy) is 1. The second-order valence-electron chi connectivity index (χ2n) is 5.05. The topological polar surface area (TPSA) is 55.4 Å². The van der Waals surface area contributed by atoms with E-state index < -0.39 is 9.84 Å². The van der Waals surface area contributed by atoms with Crippen molar-refractivity contribution in [2.24, 2.45) is 0 Å². The molecule has 0 aromatic rings. The van der Waals surface area contributed by atoms with Gasteiger partial charge in [-0.05, 0) is 38.6 Å². The lowest BCUT2D eigenvalue weighted by molar-refractivity contribution is 0.127. The van der Waals surface area contributed by atoms with Crippen LogP contribution >= 0.6 is 0 Å². The zero-order chi connectivity index (χ0) is 13.4. The lowest BCUT2D eigenvalue weighted by Crippen LogP contribution is -2.29. The molecule has 0 saturated carbocycles. The number of hydrogen-bond acceptors (Lipinski definition) is 4. The Balaban J connectivity index is 2.23. The van der Waals surface area contributed by atoms with Gasteiger partial charge in [0.2, 0.25) is 0 Å². The molecule has 5 heteroatoms. The van der Waals surface area contributed by atoms with Gasteiger partial charge >= 0.3 is 0 Å². The Hall–Kier alpha value is -0.130. The second-order valence-corrected chi connectivity index (χ2v) is 7.28. The van der Waals surface area contributed by atoms with E-state index in [-0.39, 0.29) is 11.9 Å². The monoisotopic (exact) mass is 277 g/mol. The molecule has 0 bridgehead atoms. The highest BCUT2D eigenvalue weighted by molar-refractivity contribution is 7.91. The van der Waals surface area contributed by atoms with Crippen molar-refractivity contribution >= 4 is 9.84 Å². The molecule has 1 aliphatic heterocycles. The summed E-state index contributed by atoms with van der Waals surface area (Å²) in [5.74, 6) is 0.514. The van der Waals surface area contributed by atoms with Gasteiger partial charge in [-0.2, -0.15) is 0 Å². The fraction of sp³-hybridized carbons (Fsp3) is 1.00. The number of nitrogens with one attached hydrogen (secondary N) is 1. The molecule has 0 spiro atoms. The summed E-state index contributed by atoms with van der Waals surface area (Å²) in [6.07, 6.45) is 4.59. The summed E-state index contributed by atoms with van der Waals surface area (Å²) < 4.78 is 29.2. The van der Waals surface area contributed by atoms with Crippen molar-refractivity contribution in [1.82, 2.24) is 5.32 Å². The van der Waals surface area contributed by atoms with Crippen LogP contribution in [0.15, 0.2) is 0 Å². The highest BCUT2D eigenvalue weighted by Crippen LogP contribution is 2.15. The smallest absolute Gasteiger partial charge is 0.152 e. The van der Waals surface area contributed by atoms with Gasteiger partial charge in [-0.25, -0.2) is 8.42 Å². The van der Waals surface area contributed by atoms with E-state index in [0.717, 1.165) is 45.3 Å². The predicted octanol–water partition coefficient (Wildman–Crippen LogP) is 1.75. The van der Waals surface area contributed by atoms with Crippen molar-refractivity contribution in [3.8, 4) is 0 Å². The summed E-state index contributed by atoms with van der Waals surface area (Å²) in [5, 5.41) is 3.37. The highest BCUT2D eigenvalue weighted by Gasteiger charge is 2.23. The standard InChI is InChI=1S/C13H27NO3S/c1-3-12(14-4-2)7-6-10-18(15,16)11-13-8-5-9-17-13/h12-14H,3-11H2,1-2H3. The van der Waals surface area contributed by atoms with Crippen LogP contribution < -0.4 is 5.32 Å². The van der Waals surface area contributed by atoms with Gasteiger partial charge in [0.1, 0.15) is 0 Å². The van der Waals surface area contributed by atoms with E-state index in [1.165, 1.54) is 0 Å². The molecule has 108 valence electrons. The van der Waals surface area contributed by atoms with Crippen LogP contribution in [0.3, 0.4) is 0 Å². The fourth-order valence-corrected chi connectivity index (χ4v) is 4.03. The van der Waals surface area contributed by atoms with Crippen molar-refractivity contribution < 1.29 is 13.2 Å². The molecule has 1 heterocycles. The first-order valence-electron chi connectivity index (χ1n) is 7.12. The average Bonchev–Trinajstić information content (AvgIpc) is 2.79. The molecule has 1 saturated heterocycles. The zero-order valence-corrected chi connectivity index (χ0v) is 12.5. The normalized spacial score (nSPS) is 22.2. The van der Waals surface area contributed by atoms with Gasteiger partial charge in [0.25, 0.3) is 0 Å². The van der Waals surface area contributed by atoms with E-state index in [1.54, 1.807) is 0 Å². The lowest BCUT2D eigenvalue weighted by atomic mass is 10.1. The molecule has 4 nitrogen and oxygen atoms in total. The third kappa shape index (κ3) is 6.16. The molecule has 1 aliphatic rings. The Labute approximate surface area is 111 Å². The highest BCUT2D eigenvalue weighted by atomic mass is 32.2. The predicted molar refractivity (Wildman–Crippen MR) is 74.6 cm³/mol. The molecule has 18 heavy (non-hydrogen) atoms. The van der Waals surface area contributed by atoms with E-state index in [4.69, 9.17) is 4.74 Å². The third-order valence-corrected chi connectivity index (χ3v) is 5.25. The minimum atomic E-state index is -2.94. The molecule has 0 aromatic heterocycles. The van der Waals surface area contributed by atoms with Crippen molar-refractivity contribution in [3.63, 3.8) is 0 Å². The first kappa shape index (κ1) is 15.9. The molecule has 1 N–H and O–H groups in total. The minimum absolute atomic E-state index is 0.0502. The van der Waals surface area contributed by atoms with Crippen molar-refractivity contribution in [3.05, 3.63) is 0 Å². The van der Waals surface area contributed by atoms with Crippen LogP contribution in [-0.2, 0) is 14.6 Å². The van der Waals surface area contributed by atoms with Gasteiger partial charge in [-0.15, -0.1) is 0 Å². The molecular weight excluding hydrogens is 250 g/mol. The van der Waals surface area contributed by atoms with Gasteiger partial charge in [-0.3, -0.25) is 0 Å². The average molecular weight is 277 g/mol. The number of hydrogen-bond donors (Lipinski definition) is 1. The van der Waals surface area contributed by atoms with Crippen LogP contribution in [-0.4, -0.2) is 45.2 Å². The van der Waals surface area contributed by atoms with Crippen LogP contribution in [0.4, 0.5) is 0 Å². The molecule has 0 aliphatic carbocycles. The van der Waals surface area contributed by atoms with Crippen molar-refractivity contribution in [1.29, 1.82) is 0 Å². The summed E-state index contributed by atoms with van der Waals surface area (Å²) in [6, 6.07) is 0.452. The first-order valence-corrected chi connectivity index (χ1v) is 8.95. The quantitative estimate of drug-likeness (QED) is 0.697. The van der Waals surface area contributed by atoms with E-state index in [1.807, 2.05) is 0 Å². The fourth-order valence-electron chi connectivity index (χ4n) is 2.43. The zero-order valence-electron chi connectivity index (χ0n) is 11.7. The largest absolute Gasteiger partial charge is 0.377 e. The summed E-state index contributed by atoms with van der Waals surface area (Å²) in [5.41, 5.74) is 0. The van der Waals surface area contributed by atoms with E-state index in [0.29, 0.717) is 11.8 Å². The third-order valence-electron chi connectivity index (χ3n) is 3.46. The van der Waals surface area contributed by atoms with Crippen LogP contribution in [0, 0.1) is 0 Å². The van der Waals surface area contributed by atoms with E-state index >= 15 is 0 Å². The molecule has 0 radical (unpaired) electrons. The lowest BCUT2D eigenvalue weighted by Gasteiger charge is -2.16. The van der Waals surface area contributed by atoms with Gasteiger partial charge in [0.15, 0.2) is 9.84 Å². The number of sulfone groups is 1. The second kappa shape index (κ2) is 8.12. The SMILES string of the molecule is CCNC(CC)CCCS(=O)(=O)CC1CCCO1. The van der Waals surface area contributed by atoms with E-state index in [2.05, 4.69) is 19.2 Å². The Kier molecular flexibility index (Phi) is 7.19. The molecule has 0 aromatic carbocycles. The van der Waals surface area contributed by atoms with Gasteiger partial charge in [0, 0.05) is 12.6 Å². The maximum Gasteiger partial charge on any atom is 0.152 e. The molecule has 1 fully saturated rings. The Morgan fingerprint density at radius 2 is 2.17 bits per heavy atom. The van der Waals surface area contributed by atoms with Crippen LogP contribution in [0.5, 0.6) is 0 Å². The molecule has 2 unspecified atom stereocenters. The molecule has 1 rings (SSSR count). The maximum atomic E-state index is 11.9. The van der Waals surface area contributed by atoms with Crippen molar-refractivity contribution in [2.75, 3.05) is 24.7 Å². The molecular formula is C13H27NO3S. The maximum absolute atomic E-state index is 11.9. The summed E-state index contributed by atoms with van der Waals surface area (Å²) in [4.78, 5) is 0. The van der Waals surface area contributed by atoms with Gasteiger partial charge in [-0.1, -0.05) is 13.8 Å². The van der Waals surface area contributed by atoms with Gasteiger partial charge in [0.05, 0.1) is 17.6 Å². The first-order chi connectivity index (χ1) is 8.57. The number of rotatable bonds is 9. The minimum Gasteiger partial charge on any atom is -0.377 e. The van der Waals surface area contributed by atoms with Crippen LogP contribution in [0.1, 0.15) is 46.0 Å². The Bertz CT molecular complexity index is 310.